The molecule has 1 aromatic rings. The quantitative estimate of drug-likeness (QED) is 0.536. The average molecular weight is 236 g/mol. The number of unbranched alkanes of at least 4 members (excludes halogenated alkanes) is 1. The van der Waals surface area contributed by atoms with Gasteiger partial charge in [0.2, 0.25) is 0 Å². The molecule has 0 amide bonds. The molecular weight excluding hydrogens is 212 g/mol. The second-order valence-corrected chi connectivity index (χ2v) is 6.18. The number of hydrogen-bond donors (Lipinski definition) is 1. The van der Waals surface area contributed by atoms with Crippen LogP contribution in [0.15, 0.2) is 30.3 Å². The van der Waals surface area contributed by atoms with Gasteiger partial charge in [-0.05, 0) is 24.7 Å². The van der Waals surface area contributed by atoms with E-state index >= 15 is 0 Å². The minimum absolute atomic E-state index is 0.267. The van der Waals surface area contributed by atoms with E-state index in [4.69, 9.17) is 0 Å². The van der Waals surface area contributed by atoms with Gasteiger partial charge in [0.1, 0.15) is 9.68 Å². The molecule has 0 radical (unpaired) electrons. The normalized spacial score (nSPS) is 11.7. The first-order valence-electron chi connectivity index (χ1n) is 6.33. The van der Waals surface area contributed by atoms with Crippen LogP contribution in [0.4, 0.5) is 0 Å². The molecule has 0 aliphatic rings. The highest BCUT2D eigenvalue weighted by molar-refractivity contribution is 6.50. The van der Waals surface area contributed by atoms with Gasteiger partial charge in [-0.25, -0.2) is 0 Å². The fourth-order valence-corrected chi connectivity index (χ4v) is 3.36. The molecule has 0 saturated carbocycles. The van der Waals surface area contributed by atoms with E-state index in [0.29, 0.717) is 0 Å². The van der Waals surface area contributed by atoms with E-state index in [1.807, 2.05) is 0 Å². The third-order valence-corrected chi connectivity index (χ3v) is 4.49. The van der Waals surface area contributed by atoms with Gasteiger partial charge in [0.15, 0.2) is 0 Å². The maximum absolute atomic E-state index is 3.44. The fraction of sp³-hybridized carbons (Fsp3) is 0.538. The van der Waals surface area contributed by atoms with Crippen molar-refractivity contribution in [2.45, 2.75) is 26.7 Å². The van der Waals surface area contributed by atoms with Crippen molar-refractivity contribution in [1.82, 2.24) is 9.88 Å². The Bertz CT molecular complexity index is 256. The van der Waals surface area contributed by atoms with Crippen LogP contribution in [0.25, 0.3) is 0 Å². The number of nitrogens with one attached hydrogen (secondary N) is 1. The lowest BCUT2D eigenvalue weighted by atomic mass is 10.3. The van der Waals surface area contributed by atoms with Gasteiger partial charge < -0.3 is 9.88 Å². The van der Waals surface area contributed by atoms with Gasteiger partial charge in [-0.3, -0.25) is 0 Å². The summed E-state index contributed by atoms with van der Waals surface area (Å²) in [4.78, 5) is 0. The minimum Gasteiger partial charge on any atom is -0.313 e. The summed E-state index contributed by atoms with van der Waals surface area (Å²) in [5.74, 6) is 0. The second-order valence-electron chi connectivity index (χ2n) is 4.15. The standard InChI is InChI=1S/C13H24N2Si/c1-3-5-11-15(12-14-4-2)16-13-9-7-6-8-10-13/h6-10,14H,3-5,11-12,16H2,1-2H3. The Morgan fingerprint density at radius 3 is 2.56 bits per heavy atom. The molecule has 0 aliphatic heterocycles. The summed E-state index contributed by atoms with van der Waals surface area (Å²) in [6.07, 6.45) is 2.59. The largest absolute Gasteiger partial charge is 0.313 e. The van der Waals surface area contributed by atoms with E-state index in [1.165, 1.54) is 24.6 Å². The molecule has 0 bridgehead atoms. The number of hydrogen-bond acceptors (Lipinski definition) is 2. The molecule has 1 aromatic carbocycles. The van der Waals surface area contributed by atoms with Crippen LogP contribution in [0.1, 0.15) is 26.7 Å². The topological polar surface area (TPSA) is 15.3 Å². The summed E-state index contributed by atoms with van der Waals surface area (Å²) in [6.45, 7) is 7.78. The molecule has 0 aliphatic carbocycles. The van der Waals surface area contributed by atoms with Crippen molar-refractivity contribution >= 4 is 14.9 Å². The maximum atomic E-state index is 3.44. The number of nitrogens with zero attached hydrogens (tertiary/aromatic N) is 1. The highest BCUT2D eigenvalue weighted by Crippen LogP contribution is 1.93. The summed E-state index contributed by atoms with van der Waals surface area (Å²) < 4.78 is 2.61. The van der Waals surface area contributed by atoms with Crippen molar-refractivity contribution in [2.24, 2.45) is 0 Å². The number of benzene rings is 1. The van der Waals surface area contributed by atoms with Crippen molar-refractivity contribution in [3.63, 3.8) is 0 Å². The van der Waals surface area contributed by atoms with Crippen LogP contribution in [0.2, 0.25) is 0 Å². The monoisotopic (exact) mass is 236 g/mol. The first kappa shape index (κ1) is 13.4. The van der Waals surface area contributed by atoms with Crippen LogP contribution in [0.5, 0.6) is 0 Å². The molecule has 0 atom stereocenters. The summed E-state index contributed by atoms with van der Waals surface area (Å²) in [5, 5.41) is 4.98. The molecule has 1 N–H and O–H groups in total. The Balaban J connectivity index is 2.42. The minimum atomic E-state index is -0.267. The molecule has 90 valence electrons. The third-order valence-electron chi connectivity index (χ3n) is 2.66. The molecule has 16 heavy (non-hydrogen) atoms. The predicted molar refractivity (Wildman–Crippen MR) is 74.8 cm³/mol. The van der Waals surface area contributed by atoms with Crippen molar-refractivity contribution < 1.29 is 0 Å². The summed E-state index contributed by atoms with van der Waals surface area (Å²) >= 11 is 0. The van der Waals surface area contributed by atoms with Crippen LogP contribution in [0, 0.1) is 0 Å². The summed E-state index contributed by atoms with van der Waals surface area (Å²) in [7, 11) is -0.267. The first-order valence-corrected chi connectivity index (χ1v) is 7.67. The van der Waals surface area contributed by atoms with E-state index in [9.17, 15) is 0 Å². The lowest BCUT2D eigenvalue weighted by Crippen LogP contribution is -2.42. The molecular formula is C13H24N2Si. The van der Waals surface area contributed by atoms with E-state index in [-0.39, 0.29) is 9.68 Å². The highest BCUT2D eigenvalue weighted by Gasteiger charge is 2.04. The van der Waals surface area contributed by atoms with Crippen LogP contribution < -0.4 is 10.5 Å². The SMILES string of the molecule is CCCCN(CNCC)[SiH2]c1ccccc1. The first-order chi connectivity index (χ1) is 7.86. The van der Waals surface area contributed by atoms with Crippen LogP contribution in [-0.4, -0.2) is 34.0 Å². The molecule has 1 rings (SSSR count). The van der Waals surface area contributed by atoms with E-state index in [2.05, 4.69) is 54.1 Å². The van der Waals surface area contributed by atoms with Crippen LogP contribution in [-0.2, 0) is 0 Å². The second kappa shape index (κ2) is 8.50. The van der Waals surface area contributed by atoms with Crippen molar-refractivity contribution in [3.05, 3.63) is 30.3 Å². The lowest BCUT2D eigenvalue weighted by Gasteiger charge is -2.22. The Hall–Kier alpha value is -0.643. The van der Waals surface area contributed by atoms with Gasteiger partial charge in [0, 0.05) is 6.67 Å². The Kier molecular flexibility index (Phi) is 7.13. The summed E-state index contributed by atoms with van der Waals surface area (Å²) in [5.41, 5.74) is 0. The maximum Gasteiger partial charge on any atom is 0.128 e. The zero-order valence-electron chi connectivity index (χ0n) is 10.6. The lowest BCUT2D eigenvalue weighted by molar-refractivity contribution is 0.401. The molecule has 0 saturated heterocycles. The molecule has 3 heteroatoms. The summed E-state index contributed by atoms with van der Waals surface area (Å²) in [6, 6.07) is 10.9. The van der Waals surface area contributed by atoms with Crippen molar-refractivity contribution in [1.29, 1.82) is 0 Å². The molecule has 0 spiro atoms. The predicted octanol–water partition coefficient (Wildman–Crippen LogP) is 1.06. The molecule has 0 heterocycles. The molecule has 0 aromatic heterocycles. The van der Waals surface area contributed by atoms with Crippen LogP contribution >= 0.6 is 0 Å². The smallest absolute Gasteiger partial charge is 0.128 e. The van der Waals surface area contributed by atoms with Gasteiger partial charge >= 0.3 is 0 Å². The van der Waals surface area contributed by atoms with E-state index in [1.54, 1.807) is 0 Å². The van der Waals surface area contributed by atoms with E-state index in [0.717, 1.165) is 13.2 Å². The Morgan fingerprint density at radius 2 is 1.94 bits per heavy atom. The van der Waals surface area contributed by atoms with Gasteiger partial charge in [0.05, 0.1) is 0 Å². The highest BCUT2D eigenvalue weighted by atomic mass is 28.2. The van der Waals surface area contributed by atoms with Gasteiger partial charge in [0.25, 0.3) is 0 Å². The molecule has 0 fully saturated rings. The third kappa shape index (κ3) is 5.44. The van der Waals surface area contributed by atoms with Gasteiger partial charge in [-0.2, -0.15) is 0 Å². The zero-order valence-corrected chi connectivity index (χ0v) is 12.0. The molecule has 2 nitrogen and oxygen atoms in total. The average Bonchev–Trinajstić information content (AvgIpc) is 2.34. The van der Waals surface area contributed by atoms with Crippen molar-refractivity contribution in [2.75, 3.05) is 19.8 Å². The number of rotatable bonds is 8. The zero-order chi connectivity index (χ0) is 11.6. The van der Waals surface area contributed by atoms with Crippen molar-refractivity contribution in [3.8, 4) is 0 Å². The van der Waals surface area contributed by atoms with Crippen LogP contribution in [0.3, 0.4) is 0 Å². The Labute approximate surface area is 102 Å². The van der Waals surface area contributed by atoms with Gasteiger partial charge in [-0.15, -0.1) is 0 Å². The van der Waals surface area contributed by atoms with Gasteiger partial charge in [-0.1, -0.05) is 50.6 Å². The fourth-order valence-electron chi connectivity index (χ4n) is 1.71. The Morgan fingerprint density at radius 1 is 1.19 bits per heavy atom. The molecule has 0 unspecified atom stereocenters. The van der Waals surface area contributed by atoms with E-state index < -0.39 is 0 Å².